The Morgan fingerprint density at radius 3 is 2.45 bits per heavy atom. The van der Waals surface area contributed by atoms with Crippen molar-refractivity contribution in [3.8, 4) is 0 Å². The zero-order valence-electron chi connectivity index (χ0n) is 11.9. The van der Waals surface area contributed by atoms with Crippen LogP contribution in [-0.4, -0.2) is 20.5 Å². The van der Waals surface area contributed by atoms with E-state index in [1.54, 1.807) is 35.3 Å². The van der Waals surface area contributed by atoms with Crippen molar-refractivity contribution in [2.75, 3.05) is 0 Å². The van der Waals surface area contributed by atoms with Crippen molar-refractivity contribution in [2.45, 2.75) is 33.2 Å². The summed E-state index contributed by atoms with van der Waals surface area (Å²) in [6.07, 6.45) is 3.53. The summed E-state index contributed by atoms with van der Waals surface area (Å²) in [6, 6.07) is 6.94. The van der Waals surface area contributed by atoms with Crippen molar-refractivity contribution in [1.82, 2.24) is 14.8 Å². The number of nitrogens with zero attached hydrogens (tertiary/aromatic N) is 3. The second-order valence-electron chi connectivity index (χ2n) is 5.89. The van der Waals surface area contributed by atoms with Gasteiger partial charge in [0.1, 0.15) is 12.7 Å². The summed E-state index contributed by atoms with van der Waals surface area (Å²) in [6.45, 7) is 6.28. The van der Waals surface area contributed by atoms with Gasteiger partial charge in [-0.1, -0.05) is 32.4 Å². The predicted octanol–water partition coefficient (Wildman–Crippen LogP) is 3.79. The van der Waals surface area contributed by atoms with Crippen molar-refractivity contribution in [3.05, 3.63) is 47.5 Å². The zero-order chi connectivity index (χ0) is 14.8. The van der Waals surface area contributed by atoms with Gasteiger partial charge in [-0.2, -0.15) is 5.10 Å². The van der Waals surface area contributed by atoms with E-state index < -0.39 is 0 Å². The Balaban J connectivity index is 2.20. The number of carbonyl (C=O) groups excluding carboxylic acids is 1. The summed E-state index contributed by atoms with van der Waals surface area (Å²) < 4.78 is 1.76. The number of rotatable bonds is 4. The lowest BCUT2D eigenvalue weighted by atomic mass is 9.83. The molecule has 1 aromatic heterocycles. The fraction of sp³-hybridized carbons (Fsp3) is 0.400. The molecule has 2 aromatic rings. The van der Waals surface area contributed by atoms with Crippen molar-refractivity contribution in [3.63, 3.8) is 0 Å². The summed E-state index contributed by atoms with van der Waals surface area (Å²) in [5, 5.41) is 4.81. The molecule has 2 rings (SSSR count). The van der Waals surface area contributed by atoms with Gasteiger partial charge in [-0.3, -0.25) is 4.79 Å². The van der Waals surface area contributed by atoms with Gasteiger partial charge in [0.2, 0.25) is 0 Å². The number of carbonyl (C=O) groups is 1. The van der Waals surface area contributed by atoms with E-state index in [0.717, 1.165) is 0 Å². The third-order valence-corrected chi connectivity index (χ3v) is 3.55. The van der Waals surface area contributed by atoms with Gasteiger partial charge in [0.05, 0.1) is 6.04 Å². The first kappa shape index (κ1) is 14.7. The topological polar surface area (TPSA) is 47.8 Å². The average Bonchev–Trinajstić information content (AvgIpc) is 2.88. The van der Waals surface area contributed by atoms with Crippen molar-refractivity contribution < 1.29 is 4.79 Å². The Hall–Kier alpha value is -1.68. The summed E-state index contributed by atoms with van der Waals surface area (Å²) in [7, 11) is 0. The molecule has 20 heavy (non-hydrogen) atoms. The number of hydrogen-bond acceptors (Lipinski definition) is 3. The predicted molar refractivity (Wildman–Crippen MR) is 78.9 cm³/mol. The molecule has 0 saturated heterocycles. The number of hydrogen-bond donors (Lipinski definition) is 0. The summed E-state index contributed by atoms with van der Waals surface area (Å²) in [5.41, 5.74) is 0.583. The molecule has 106 valence electrons. The highest BCUT2D eigenvalue weighted by Crippen LogP contribution is 2.33. The van der Waals surface area contributed by atoms with Gasteiger partial charge in [-0.25, -0.2) is 9.67 Å². The van der Waals surface area contributed by atoms with Crippen LogP contribution in [0.4, 0.5) is 0 Å². The minimum absolute atomic E-state index is 0.0341. The zero-order valence-corrected chi connectivity index (χ0v) is 12.6. The van der Waals surface area contributed by atoms with E-state index >= 15 is 0 Å². The van der Waals surface area contributed by atoms with E-state index in [0.29, 0.717) is 17.0 Å². The molecular weight excluding hydrogens is 274 g/mol. The van der Waals surface area contributed by atoms with Gasteiger partial charge in [0, 0.05) is 17.0 Å². The van der Waals surface area contributed by atoms with E-state index in [1.165, 1.54) is 6.33 Å². The molecule has 1 unspecified atom stereocenters. The van der Waals surface area contributed by atoms with Crippen LogP contribution in [0.5, 0.6) is 0 Å². The third-order valence-electron chi connectivity index (χ3n) is 3.30. The molecule has 1 heterocycles. The van der Waals surface area contributed by atoms with Crippen LogP contribution in [0, 0.1) is 5.41 Å². The van der Waals surface area contributed by atoms with E-state index in [9.17, 15) is 4.79 Å². The Kier molecular flexibility index (Phi) is 4.23. The summed E-state index contributed by atoms with van der Waals surface area (Å²) in [5.74, 6) is 0.0806. The highest BCUT2D eigenvalue weighted by molar-refractivity contribution is 6.30. The van der Waals surface area contributed by atoms with Crippen LogP contribution in [0.3, 0.4) is 0 Å². The molecule has 1 aromatic carbocycles. The quantitative estimate of drug-likeness (QED) is 0.805. The molecule has 0 aliphatic heterocycles. The van der Waals surface area contributed by atoms with Crippen LogP contribution in [0.25, 0.3) is 0 Å². The van der Waals surface area contributed by atoms with Crippen LogP contribution >= 0.6 is 11.6 Å². The molecule has 0 N–H and O–H groups in total. The van der Waals surface area contributed by atoms with Crippen LogP contribution in [0.2, 0.25) is 5.02 Å². The first-order valence-corrected chi connectivity index (χ1v) is 6.88. The van der Waals surface area contributed by atoms with Gasteiger partial charge >= 0.3 is 0 Å². The minimum atomic E-state index is -0.0875. The Morgan fingerprint density at radius 1 is 1.30 bits per heavy atom. The molecule has 0 spiro atoms. The number of aromatic nitrogens is 3. The maximum Gasteiger partial charge on any atom is 0.165 e. The summed E-state index contributed by atoms with van der Waals surface area (Å²) >= 11 is 5.84. The van der Waals surface area contributed by atoms with Gasteiger partial charge in [-0.15, -0.1) is 0 Å². The van der Waals surface area contributed by atoms with E-state index in [4.69, 9.17) is 11.6 Å². The number of halogens is 1. The largest absolute Gasteiger partial charge is 0.294 e. The van der Waals surface area contributed by atoms with Crippen molar-refractivity contribution in [2.24, 2.45) is 5.41 Å². The monoisotopic (exact) mass is 291 g/mol. The Bertz CT molecular complexity index is 570. The molecule has 0 aliphatic carbocycles. The molecular formula is C15H18ClN3O. The lowest BCUT2D eigenvalue weighted by Crippen LogP contribution is -2.27. The smallest absolute Gasteiger partial charge is 0.165 e. The van der Waals surface area contributed by atoms with E-state index in [-0.39, 0.29) is 17.2 Å². The Morgan fingerprint density at radius 2 is 1.95 bits per heavy atom. The molecule has 1 atom stereocenters. The van der Waals surface area contributed by atoms with Crippen LogP contribution in [0.15, 0.2) is 36.9 Å². The van der Waals surface area contributed by atoms with Gasteiger partial charge < -0.3 is 0 Å². The molecule has 4 nitrogen and oxygen atoms in total. The fourth-order valence-corrected chi connectivity index (χ4v) is 2.23. The normalized spacial score (nSPS) is 13.2. The number of Topliss-reactive ketones (excluding diaryl/α,β-unsaturated/α-hetero) is 1. The molecule has 0 saturated carbocycles. The first-order valence-electron chi connectivity index (χ1n) is 6.51. The molecule has 0 aliphatic rings. The second kappa shape index (κ2) is 5.75. The van der Waals surface area contributed by atoms with Gasteiger partial charge in [0.25, 0.3) is 0 Å². The third kappa shape index (κ3) is 3.45. The maximum absolute atomic E-state index is 12.4. The van der Waals surface area contributed by atoms with Gasteiger partial charge in [0.15, 0.2) is 5.78 Å². The van der Waals surface area contributed by atoms with E-state index in [1.807, 2.05) is 0 Å². The molecule has 0 bridgehead atoms. The van der Waals surface area contributed by atoms with Crippen molar-refractivity contribution in [1.29, 1.82) is 0 Å². The minimum Gasteiger partial charge on any atom is -0.294 e. The summed E-state index contributed by atoms with van der Waals surface area (Å²) in [4.78, 5) is 16.4. The highest BCUT2D eigenvalue weighted by Gasteiger charge is 2.29. The van der Waals surface area contributed by atoms with Gasteiger partial charge in [-0.05, 0) is 29.7 Å². The molecule has 0 radical (unpaired) electrons. The lowest BCUT2D eigenvalue weighted by molar-refractivity contribution is 0.0913. The Labute approximate surface area is 123 Å². The van der Waals surface area contributed by atoms with E-state index in [2.05, 4.69) is 30.9 Å². The van der Waals surface area contributed by atoms with Crippen LogP contribution in [-0.2, 0) is 0 Å². The standard InChI is InChI=1S/C15H18ClN3O/c1-15(2,3)14(19-10-17-9-18-19)8-13(20)11-4-6-12(16)7-5-11/h4-7,9-10,14H,8H2,1-3H3. The lowest BCUT2D eigenvalue weighted by Gasteiger charge is -2.30. The number of ketones is 1. The fourth-order valence-electron chi connectivity index (χ4n) is 2.10. The van der Waals surface area contributed by atoms with Crippen LogP contribution < -0.4 is 0 Å². The van der Waals surface area contributed by atoms with Crippen molar-refractivity contribution >= 4 is 17.4 Å². The maximum atomic E-state index is 12.4. The second-order valence-corrected chi connectivity index (χ2v) is 6.33. The number of benzene rings is 1. The molecule has 0 amide bonds. The first-order chi connectivity index (χ1) is 9.38. The molecule has 5 heteroatoms. The highest BCUT2D eigenvalue weighted by atomic mass is 35.5. The molecule has 0 fully saturated rings. The SMILES string of the molecule is CC(C)(C)C(CC(=O)c1ccc(Cl)cc1)n1cncn1. The van der Waals surface area contributed by atoms with Crippen LogP contribution in [0.1, 0.15) is 43.6 Å². The average molecular weight is 292 g/mol.